The van der Waals surface area contributed by atoms with Crippen molar-refractivity contribution in [2.45, 2.75) is 0 Å². The number of nitrogen functional groups attached to an aromatic ring is 1. The van der Waals surface area contributed by atoms with Gasteiger partial charge in [-0.3, -0.25) is 14.3 Å². The summed E-state index contributed by atoms with van der Waals surface area (Å²) in [5, 5.41) is 0. The first-order valence-electron chi connectivity index (χ1n) is 4.21. The zero-order valence-corrected chi connectivity index (χ0v) is 7.68. The van der Waals surface area contributed by atoms with E-state index in [2.05, 4.69) is 9.97 Å². The van der Waals surface area contributed by atoms with Gasteiger partial charge < -0.3 is 5.73 Å². The van der Waals surface area contributed by atoms with Crippen LogP contribution in [0.5, 0.6) is 0 Å². The second-order valence-electron chi connectivity index (χ2n) is 2.90. The van der Waals surface area contributed by atoms with Crippen molar-refractivity contribution < 1.29 is 0 Å². The fourth-order valence-corrected chi connectivity index (χ4v) is 1.15. The van der Waals surface area contributed by atoms with E-state index < -0.39 is 11.2 Å². The molecule has 0 radical (unpaired) electrons. The zero-order chi connectivity index (χ0) is 10.8. The van der Waals surface area contributed by atoms with Crippen molar-refractivity contribution >= 4 is 5.69 Å². The molecule has 2 rings (SSSR count). The van der Waals surface area contributed by atoms with Crippen LogP contribution in [0.3, 0.4) is 0 Å². The second-order valence-corrected chi connectivity index (χ2v) is 2.90. The van der Waals surface area contributed by atoms with Gasteiger partial charge in [-0.1, -0.05) is 6.07 Å². The van der Waals surface area contributed by atoms with Gasteiger partial charge in [0.15, 0.2) is 0 Å². The second kappa shape index (κ2) is 3.41. The standard InChI is InChI=1S/C9H8N4O2/c10-6-5-13(9(15)12-8(6)14)7-3-1-2-4-11-7/h1-5H,10H2,(H,12,14,15). The number of nitrogens with two attached hydrogens (primary N) is 1. The number of hydrogen-bond acceptors (Lipinski definition) is 4. The molecule has 2 aromatic rings. The van der Waals surface area contributed by atoms with Crippen LogP contribution in [0.4, 0.5) is 5.69 Å². The minimum atomic E-state index is -0.591. The normalized spacial score (nSPS) is 10.1. The quantitative estimate of drug-likeness (QED) is 0.655. The highest BCUT2D eigenvalue weighted by atomic mass is 16.2. The minimum absolute atomic E-state index is 0.0275. The highest BCUT2D eigenvalue weighted by Gasteiger charge is 2.03. The van der Waals surface area contributed by atoms with Crippen LogP contribution in [0, 0.1) is 0 Å². The number of pyridine rings is 1. The number of nitrogens with zero attached hydrogens (tertiary/aromatic N) is 2. The summed E-state index contributed by atoms with van der Waals surface area (Å²) in [5.74, 6) is 0.408. The predicted octanol–water partition coefficient (Wildman–Crippen LogP) is -0.497. The molecular weight excluding hydrogens is 196 g/mol. The van der Waals surface area contributed by atoms with Crippen LogP contribution >= 0.6 is 0 Å². The summed E-state index contributed by atoms with van der Waals surface area (Å²) < 4.78 is 1.18. The van der Waals surface area contributed by atoms with E-state index in [1.807, 2.05) is 0 Å². The number of H-pyrrole nitrogens is 1. The molecule has 0 aliphatic heterocycles. The summed E-state index contributed by atoms with van der Waals surface area (Å²) >= 11 is 0. The third kappa shape index (κ3) is 1.64. The molecule has 6 nitrogen and oxygen atoms in total. The molecule has 0 atom stereocenters. The van der Waals surface area contributed by atoms with E-state index in [-0.39, 0.29) is 5.69 Å². The molecule has 0 fully saturated rings. The highest BCUT2D eigenvalue weighted by molar-refractivity contribution is 5.34. The summed E-state index contributed by atoms with van der Waals surface area (Å²) in [4.78, 5) is 28.5. The smallest absolute Gasteiger partial charge is 0.334 e. The summed E-state index contributed by atoms with van der Waals surface area (Å²) in [7, 11) is 0. The maximum atomic E-state index is 11.4. The van der Waals surface area contributed by atoms with E-state index in [0.717, 1.165) is 0 Å². The van der Waals surface area contributed by atoms with Crippen LogP contribution in [0.2, 0.25) is 0 Å². The molecule has 0 aliphatic rings. The summed E-state index contributed by atoms with van der Waals surface area (Å²) in [6.07, 6.45) is 2.80. The summed E-state index contributed by atoms with van der Waals surface area (Å²) in [6.45, 7) is 0. The van der Waals surface area contributed by atoms with Crippen molar-refractivity contribution in [2.75, 3.05) is 5.73 Å². The Hall–Kier alpha value is -2.37. The van der Waals surface area contributed by atoms with E-state index in [1.165, 1.54) is 10.8 Å². The Morgan fingerprint density at radius 3 is 2.80 bits per heavy atom. The molecule has 6 heteroatoms. The third-order valence-corrected chi connectivity index (χ3v) is 1.87. The van der Waals surface area contributed by atoms with Crippen molar-refractivity contribution in [2.24, 2.45) is 0 Å². The average molecular weight is 204 g/mol. The van der Waals surface area contributed by atoms with Gasteiger partial charge in [-0.2, -0.15) is 0 Å². The van der Waals surface area contributed by atoms with E-state index in [0.29, 0.717) is 5.82 Å². The maximum Gasteiger partial charge on any atom is 0.334 e. The lowest BCUT2D eigenvalue weighted by molar-refractivity contribution is 0.871. The Balaban J connectivity index is 2.70. The lowest BCUT2D eigenvalue weighted by Gasteiger charge is -2.03. The molecule has 76 valence electrons. The molecule has 0 aromatic carbocycles. The predicted molar refractivity (Wildman–Crippen MR) is 54.9 cm³/mol. The molecule has 0 spiro atoms. The SMILES string of the molecule is Nc1cn(-c2ccccn2)c(=O)[nH]c1=O. The van der Waals surface area contributed by atoms with Gasteiger partial charge in [-0.25, -0.2) is 9.78 Å². The van der Waals surface area contributed by atoms with Gasteiger partial charge in [0.25, 0.3) is 5.56 Å². The number of hydrogen-bond donors (Lipinski definition) is 2. The van der Waals surface area contributed by atoms with Gasteiger partial charge in [0.1, 0.15) is 11.5 Å². The van der Waals surface area contributed by atoms with Gasteiger partial charge in [0.05, 0.1) is 0 Å². The highest BCUT2D eigenvalue weighted by Crippen LogP contribution is 1.99. The lowest BCUT2D eigenvalue weighted by atomic mass is 10.4. The Bertz CT molecular complexity index is 585. The first-order chi connectivity index (χ1) is 7.18. The van der Waals surface area contributed by atoms with Crippen LogP contribution in [-0.4, -0.2) is 14.5 Å². The fourth-order valence-electron chi connectivity index (χ4n) is 1.15. The first-order valence-corrected chi connectivity index (χ1v) is 4.21. The summed E-state index contributed by atoms with van der Waals surface area (Å²) in [6, 6.07) is 5.10. The van der Waals surface area contributed by atoms with Crippen LogP contribution in [-0.2, 0) is 0 Å². The number of aromatic amines is 1. The van der Waals surface area contributed by atoms with Gasteiger partial charge >= 0.3 is 5.69 Å². The summed E-state index contributed by atoms with van der Waals surface area (Å²) in [5.41, 5.74) is 4.22. The van der Waals surface area contributed by atoms with E-state index in [1.54, 1.807) is 24.4 Å². The third-order valence-electron chi connectivity index (χ3n) is 1.87. The van der Waals surface area contributed by atoms with E-state index >= 15 is 0 Å². The van der Waals surface area contributed by atoms with Crippen molar-refractivity contribution in [3.63, 3.8) is 0 Å². The molecule has 3 N–H and O–H groups in total. The lowest BCUT2D eigenvalue weighted by Crippen LogP contribution is -2.30. The number of anilines is 1. The Morgan fingerprint density at radius 2 is 2.13 bits per heavy atom. The molecule has 2 aromatic heterocycles. The Kier molecular flexibility index (Phi) is 2.09. The molecule has 0 amide bonds. The van der Waals surface area contributed by atoms with Crippen LogP contribution in [0.1, 0.15) is 0 Å². The number of nitrogens with one attached hydrogen (secondary N) is 1. The molecule has 2 heterocycles. The van der Waals surface area contributed by atoms with E-state index in [9.17, 15) is 9.59 Å². The molecule has 15 heavy (non-hydrogen) atoms. The van der Waals surface area contributed by atoms with Gasteiger partial charge in [0, 0.05) is 12.4 Å². The van der Waals surface area contributed by atoms with Gasteiger partial charge in [-0.05, 0) is 12.1 Å². The van der Waals surface area contributed by atoms with E-state index in [4.69, 9.17) is 5.73 Å². The molecule has 0 aliphatic carbocycles. The van der Waals surface area contributed by atoms with Crippen molar-refractivity contribution in [3.8, 4) is 5.82 Å². The molecule has 0 bridgehead atoms. The number of aromatic nitrogens is 3. The Labute approximate surface area is 84.0 Å². The monoisotopic (exact) mass is 204 g/mol. The molecule has 0 saturated carbocycles. The molecular formula is C9H8N4O2. The van der Waals surface area contributed by atoms with Gasteiger partial charge in [0.2, 0.25) is 0 Å². The maximum absolute atomic E-state index is 11.4. The zero-order valence-electron chi connectivity index (χ0n) is 7.68. The topological polar surface area (TPSA) is 93.8 Å². The molecule has 0 unspecified atom stereocenters. The minimum Gasteiger partial charge on any atom is -0.393 e. The molecule has 0 saturated heterocycles. The Morgan fingerprint density at radius 1 is 1.33 bits per heavy atom. The number of rotatable bonds is 1. The van der Waals surface area contributed by atoms with Crippen molar-refractivity contribution in [3.05, 3.63) is 51.4 Å². The van der Waals surface area contributed by atoms with Crippen molar-refractivity contribution in [1.29, 1.82) is 0 Å². The van der Waals surface area contributed by atoms with Crippen LogP contribution in [0.15, 0.2) is 40.2 Å². The first kappa shape index (κ1) is 9.20. The largest absolute Gasteiger partial charge is 0.393 e. The van der Waals surface area contributed by atoms with Crippen LogP contribution < -0.4 is 17.0 Å². The van der Waals surface area contributed by atoms with Crippen molar-refractivity contribution in [1.82, 2.24) is 14.5 Å². The average Bonchev–Trinajstić information content (AvgIpc) is 2.25. The fraction of sp³-hybridized carbons (Fsp3) is 0. The van der Waals surface area contributed by atoms with Crippen LogP contribution in [0.25, 0.3) is 5.82 Å². The van der Waals surface area contributed by atoms with Gasteiger partial charge in [-0.15, -0.1) is 0 Å².